The van der Waals surface area contributed by atoms with E-state index in [1.807, 2.05) is 0 Å². The van der Waals surface area contributed by atoms with Crippen LogP contribution in [-0.2, 0) is 0 Å². The molecule has 26 heavy (non-hydrogen) atoms. The lowest BCUT2D eigenvalue weighted by Crippen LogP contribution is -2.21. The quantitative estimate of drug-likeness (QED) is 0.132. The van der Waals surface area contributed by atoms with Crippen LogP contribution in [0.4, 0.5) is 0 Å². The first-order valence-corrected chi connectivity index (χ1v) is 11.5. The molecule has 0 spiro atoms. The van der Waals surface area contributed by atoms with E-state index in [0.29, 0.717) is 0 Å². The normalized spacial score (nSPS) is 13.7. The molecule has 0 rings (SSSR count). The van der Waals surface area contributed by atoms with Gasteiger partial charge in [0.05, 0.1) is 0 Å². The van der Waals surface area contributed by atoms with E-state index in [9.17, 15) is 0 Å². The fourth-order valence-electron chi connectivity index (χ4n) is 3.37. The molecule has 0 radical (unpaired) electrons. The van der Waals surface area contributed by atoms with E-state index >= 15 is 0 Å². The van der Waals surface area contributed by atoms with Crippen molar-refractivity contribution in [3.8, 4) is 0 Å². The first-order chi connectivity index (χ1) is 12.2. The molecule has 0 saturated carbocycles. The van der Waals surface area contributed by atoms with E-state index in [0.717, 1.165) is 19.3 Å². The van der Waals surface area contributed by atoms with Gasteiger partial charge in [-0.2, -0.15) is 0 Å². The van der Waals surface area contributed by atoms with Crippen LogP contribution in [0.5, 0.6) is 0 Å². The van der Waals surface area contributed by atoms with Crippen molar-refractivity contribution < 1.29 is 5.11 Å². The van der Waals surface area contributed by atoms with Crippen LogP contribution in [0.3, 0.4) is 0 Å². The maximum Gasteiger partial charge on any atom is 0.0466 e. The zero-order valence-electron chi connectivity index (χ0n) is 17.9. The second-order valence-electron chi connectivity index (χ2n) is 7.67. The molecule has 0 aromatic carbocycles. The Morgan fingerprint density at radius 2 is 1.15 bits per heavy atom. The maximum absolute atomic E-state index is 9.08. The number of hydrogen-bond donors (Lipinski definition) is 2. The number of allylic oxidation sites excluding steroid dienone is 2. The number of aliphatic hydroxyl groups is 1. The van der Waals surface area contributed by atoms with Gasteiger partial charge in [-0.3, -0.25) is 0 Å². The van der Waals surface area contributed by atoms with Crippen molar-refractivity contribution in [2.24, 2.45) is 0 Å². The van der Waals surface area contributed by atoms with Gasteiger partial charge in [-0.25, -0.2) is 0 Å². The van der Waals surface area contributed by atoms with Crippen LogP contribution in [0.2, 0.25) is 0 Å². The molecule has 0 saturated heterocycles. The predicted molar refractivity (Wildman–Crippen MR) is 120 cm³/mol. The Bertz CT molecular complexity index is 296. The van der Waals surface area contributed by atoms with Crippen molar-refractivity contribution in [2.45, 2.75) is 128 Å². The number of halogens is 1. The molecule has 0 aliphatic heterocycles. The Morgan fingerprint density at radius 3 is 1.62 bits per heavy atom. The van der Waals surface area contributed by atoms with Crippen LogP contribution in [0.15, 0.2) is 12.2 Å². The average molecular weight is 390 g/mol. The summed E-state index contributed by atoms with van der Waals surface area (Å²) >= 11 is 6.52. The molecule has 3 heteroatoms. The molecule has 1 atom stereocenters. The van der Waals surface area contributed by atoms with E-state index in [2.05, 4.69) is 26.0 Å². The summed E-state index contributed by atoms with van der Waals surface area (Å²) in [6.07, 6.45) is 26.3. The highest BCUT2D eigenvalue weighted by Crippen LogP contribution is 2.30. The van der Waals surface area contributed by atoms with Gasteiger partial charge in [0.2, 0.25) is 0 Å². The van der Waals surface area contributed by atoms with Crippen LogP contribution in [0.1, 0.15) is 123 Å². The average Bonchev–Trinajstić information content (AvgIpc) is 2.61. The molecule has 0 aliphatic rings. The zero-order chi connectivity index (χ0) is 18.6. The lowest BCUT2D eigenvalue weighted by atomic mass is 9.94. The van der Waals surface area contributed by atoms with E-state index in [1.165, 1.54) is 89.9 Å². The zero-order valence-corrected chi connectivity index (χ0v) is 18.7. The van der Waals surface area contributed by atoms with Crippen molar-refractivity contribution in [3.63, 3.8) is 0 Å². The van der Waals surface area contributed by atoms with Gasteiger partial charge in [0, 0.05) is 11.5 Å². The van der Waals surface area contributed by atoms with Crippen molar-refractivity contribution in [1.29, 1.82) is 0 Å². The van der Waals surface area contributed by atoms with E-state index in [4.69, 9.17) is 16.7 Å². The Hall–Kier alpha value is -0.0500. The number of hydrogen-bond acceptors (Lipinski definition) is 2. The van der Waals surface area contributed by atoms with E-state index in [1.54, 1.807) is 0 Å². The monoisotopic (exact) mass is 389 g/mol. The smallest absolute Gasteiger partial charge is 0.0466 e. The summed E-state index contributed by atoms with van der Waals surface area (Å²) in [5, 5.41) is 9.08. The van der Waals surface area contributed by atoms with Crippen molar-refractivity contribution in [3.05, 3.63) is 12.2 Å². The van der Waals surface area contributed by atoms with Crippen LogP contribution < -0.4 is 6.15 Å². The molecule has 0 bridgehead atoms. The van der Waals surface area contributed by atoms with Gasteiger partial charge >= 0.3 is 0 Å². The van der Waals surface area contributed by atoms with Gasteiger partial charge in [-0.1, -0.05) is 90.2 Å². The summed E-state index contributed by atoms with van der Waals surface area (Å²) in [7, 11) is 0. The van der Waals surface area contributed by atoms with Crippen LogP contribution in [0, 0.1) is 0 Å². The lowest BCUT2D eigenvalue weighted by molar-refractivity contribution is 0.257. The molecule has 4 N–H and O–H groups in total. The molecule has 0 heterocycles. The van der Waals surface area contributed by atoms with Crippen molar-refractivity contribution in [2.75, 3.05) is 6.61 Å². The molecule has 0 aromatic rings. The molecule has 2 nitrogen and oxygen atoms in total. The van der Waals surface area contributed by atoms with Crippen LogP contribution in [-0.4, -0.2) is 16.6 Å². The minimum atomic E-state index is -0.157. The SMILES string of the molecule is CCCCCCCC/C=C\CCCCCCCCC(Cl)(CC)CCO.N. The number of unbranched alkanes of at least 4 members (excludes halogenated alkanes) is 12. The minimum absolute atomic E-state index is 0. The third kappa shape index (κ3) is 18.7. The van der Waals surface area contributed by atoms with Gasteiger partial charge in [-0.05, 0) is 44.9 Å². The number of rotatable bonds is 19. The minimum Gasteiger partial charge on any atom is -0.396 e. The molecule has 0 aliphatic carbocycles. The summed E-state index contributed by atoms with van der Waals surface area (Å²) in [4.78, 5) is -0.157. The lowest BCUT2D eigenvalue weighted by Gasteiger charge is -2.24. The summed E-state index contributed by atoms with van der Waals surface area (Å²) in [5.74, 6) is 0. The summed E-state index contributed by atoms with van der Waals surface area (Å²) in [6.45, 7) is 4.62. The summed E-state index contributed by atoms with van der Waals surface area (Å²) in [6, 6.07) is 0. The summed E-state index contributed by atoms with van der Waals surface area (Å²) in [5.41, 5.74) is 0. The second-order valence-corrected chi connectivity index (χ2v) is 8.47. The Kier molecular flexibility index (Phi) is 23.0. The van der Waals surface area contributed by atoms with Crippen LogP contribution >= 0.6 is 11.6 Å². The van der Waals surface area contributed by atoms with Gasteiger partial charge in [-0.15, -0.1) is 11.6 Å². The number of alkyl halides is 1. The highest BCUT2D eigenvalue weighted by molar-refractivity contribution is 6.23. The Morgan fingerprint density at radius 1 is 0.692 bits per heavy atom. The Balaban J connectivity index is 0. The molecular weight excluding hydrogens is 342 g/mol. The third-order valence-electron chi connectivity index (χ3n) is 5.33. The topological polar surface area (TPSA) is 55.2 Å². The van der Waals surface area contributed by atoms with Gasteiger partial charge < -0.3 is 11.3 Å². The van der Waals surface area contributed by atoms with E-state index < -0.39 is 0 Å². The van der Waals surface area contributed by atoms with Crippen molar-refractivity contribution >= 4 is 11.6 Å². The highest BCUT2D eigenvalue weighted by Gasteiger charge is 2.23. The standard InChI is InChI=1S/C23H45ClO.H3N/c1-3-5-6-7-8-9-10-11-12-13-14-15-16-17-18-19-20-23(24,4-2)21-22-25;/h11-12,25H,3-10,13-22H2,1-2H3;1H3/b12-11-;. The molecule has 0 amide bonds. The molecule has 0 fully saturated rings. The molecule has 158 valence electrons. The molecular formula is C23H48ClNO. The van der Waals surface area contributed by atoms with Gasteiger partial charge in [0.1, 0.15) is 0 Å². The first-order valence-electron chi connectivity index (χ1n) is 11.1. The third-order valence-corrected chi connectivity index (χ3v) is 5.98. The largest absolute Gasteiger partial charge is 0.396 e. The maximum atomic E-state index is 9.08. The van der Waals surface area contributed by atoms with Gasteiger partial charge in [0.25, 0.3) is 0 Å². The van der Waals surface area contributed by atoms with Crippen molar-refractivity contribution in [1.82, 2.24) is 6.15 Å². The van der Waals surface area contributed by atoms with E-state index in [-0.39, 0.29) is 17.6 Å². The van der Waals surface area contributed by atoms with Gasteiger partial charge in [0.15, 0.2) is 0 Å². The highest BCUT2D eigenvalue weighted by atomic mass is 35.5. The second kappa shape index (κ2) is 21.3. The molecule has 1 unspecified atom stereocenters. The Labute approximate surface area is 169 Å². The first kappa shape index (κ1) is 28.2. The number of aliphatic hydroxyl groups excluding tert-OH is 1. The molecule has 0 aromatic heterocycles. The van der Waals surface area contributed by atoms with Crippen LogP contribution in [0.25, 0.3) is 0 Å². The fraction of sp³-hybridized carbons (Fsp3) is 0.913. The predicted octanol–water partition coefficient (Wildman–Crippen LogP) is 8.35. The summed E-state index contributed by atoms with van der Waals surface area (Å²) < 4.78 is 0. The fourth-order valence-corrected chi connectivity index (χ4v) is 3.59.